The van der Waals surface area contributed by atoms with Crippen molar-refractivity contribution in [1.82, 2.24) is 5.32 Å². The lowest BCUT2D eigenvalue weighted by Crippen LogP contribution is -2.44. The van der Waals surface area contributed by atoms with E-state index in [1.165, 1.54) is 18.2 Å². The zero-order valence-electron chi connectivity index (χ0n) is 11.5. The van der Waals surface area contributed by atoms with Gasteiger partial charge in [0.2, 0.25) is 0 Å². The van der Waals surface area contributed by atoms with Crippen molar-refractivity contribution in [2.75, 3.05) is 5.33 Å². The molecule has 0 aliphatic heterocycles. The van der Waals surface area contributed by atoms with Crippen LogP contribution in [0.25, 0.3) is 0 Å². The van der Waals surface area contributed by atoms with Crippen LogP contribution >= 0.6 is 15.9 Å². The van der Waals surface area contributed by atoms with Crippen molar-refractivity contribution in [3.63, 3.8) is 0 Å². The number of aromatic hydroxyl groups is 2. The fraction of sp³-hybridized carbons (Fsp3) is 0.188. The average molecular weight is 350 g/mol. The van der Waals surface area contributed by atoms with E-state index in [-0.39, 0.29) is 23.0 Å². The normalized spacial score (nSPS) is 13.4. The predicted octanol–water partition coefficient (Wildman–Crippen LogP) is 3.14. The third-order valence-electron chi connectivity index (χ3n) is 3.23. The molecule has 0 bridgehead atoms. The fourth-order valence-electron chi connectivity index (χ4n) is 2.04. The smallest absolute Gasteiger partial charge is 0.252 e. The van der Waals surface area contributed by atoms with Gasteiger partial charge >= 0.3 is 0 Å². The molecule has 0 saturated heterocycles. The maximum atomic E-state index is 12.3. The summed E-state index contributed by atoms with van der Waals surface area (Å²) < 4.78 is 0. The molecular weight excluding hydrogens is 334 g/mol. The summed E-state index contributed by atoms with van der Waals surface area (Å²) in [5, 5.41) is 22.4. The number of rotatable bonds is 4. The number of benzene rings is 2. The number of phenols is 2. The van der Waals surface area contributed by atoms with Gasteiger partial charge in [-0.2, -0.15) is 0 Å². The van der Waals surface area contributed by atoms with Crippen LogP contribution in [0.5, 0.6) is 11.5 Å². The molecule has 0 aliphatic carbocycles. The molecular formula is C16H16BrNO3. The SMILES string of the molecule is CC(CBr)(NC(=O)c1cc(O)cc(O)c1)c1ccccc1. The summed E-state index contributed by atoms with van der Waals surface area (Å²) in [7, 11) is 0. The monoisotopic (exact) mass is 349 g/mol. The van der Waals surface area contributed by atoms with Crippen LogP contribution in [0.15, 0.2) is 48.5 Å². The molecule has 0 radical (unpaired) electrons. The third-order valence-corrected chi connectivity index (χ3v) is 4.35. The molecule has 2 aromatic rings. The van der Waals surface area contributed by atoms with Gasteiger partial charge in [-0.15, -0.1) is 0 Å². The van der Waals surface area contributed by atoms with Gasteiger partial charge in [-0.1, -0.05) is 46.3 Å². The molecule has 1 amide bonds. The highest BCUT2D eigenvalue weighted by atomic mass is 79.9. The Kier molecular flexibility index (Phi) is 4.53. The van der Waals surface area contributed by atoms with E-state index in [4.69, 9.17) is 0 Å². The van der Waals surface area contributed by atoms with Gasteiger partial charge in [-0.05, 0) is 24.6 Å². The lowest BCUT2D eigenvalue weighted by atomic mass is 9.94. The first kappa shape index (κ1) is 15.4. The van der Waals surface area contributed by atoms with Crippen molar-refractivity contribution in [2.24, 2.45) is 0 Å². The van der Waals surface area contributed by atoms with E-state index >= 15 is 0 Å². The lowest BCUT2D eigenvalue weighted by Gasteiger charge is -2.29. The first-order chi connectivity index (χ1) is 9.94. The summed E-state index contributed by atoms with van der Waals surface area (Å²) in [5.74, 6) is -0.673. The molecule has 0 spiro atoms. The Labute approximate surface area is 131 Å². The minimum atomic E-state index is -0.598. The third kappa shape index (κ3) is 3.55. The van der Waals surface area contributed by atoms with E-state index in [0.717, 1.165) is 5.56 Å². The summed E-state index contributed by atoms with van der Waals surface area (Å²) in [5.41, 5.74) is 0.564. The van der Waals surface area contributed by atoms with E-state index in [2.05, 4.69) is 21.2 Å². The molecule has 0 fully saturated rings. The quantitative estimate of drug-likeness (QED) is 0.742. The molecule has 0 aliphatic rings. The number of hydrogen-bond donors (Lipinski definition) is 3. The van der Waals surface area contributed by atoms with E-state index in [1.807, 2.05) is 37.3 Å². The van der Waals surface area contributed by atoms with Gasteiger partial charge < -0.3 is 15.5 Å². The highest BCUT2D eigenvalue weighted by Crippen LogP contribution is 2.25. The zero-order valence-corrected chi connectivity index (χ0v) is 13.1. The van der Waals surface area contributed by atoms with Gasteiger partial charge in [0.05, 0.1) is 5.54 Å². The molecule has 1 unspecified atom stereocenters. The van der Waals surface area contributed by atoms with E-state index < -0.39 is 5.54 Å². The van der Waals surface area contributed by atoms with Crippen LogP contribution in [-0.4, -0.2) is 21.5 Å². The van der Waals surface area contributed by atoms with Crippen molar-refractivity contribution < 1.29 is 15.0 Å². The van der Waals surface area contributed by atoms with Gasteiger partial charge in [0.25, 0.3) is 5.91 Å². The first-order valence-electron chi connectivity index (χ1n) is 6.41. The van der Waals surface area contributed by atoms with Crippen LogP contribution < -0.4 is 5.32 Å². The summed E-state index contributed by atoms with van der Waals surface area (Å²) in [4.78, 5) is 12.3. The van der Waals surface area contributed by atoms with Crippen molar-refractivity contribution in [1.29, 1.82) is 0 Å². The summed E-state index contributed by atoms with van der Waals surface area (Å²) in [6.45, 7) is 1.90. The van der Waals surface area contributed by atoms with Crippen molar-refractivity contribution in [3.8, 4) is 11.5 Å². The maximum absolute atomic E-state index is 12.3. The molecule has 4 nitrogen and oxygen atoms in total. The number of phenolic OH excluding ortho intramolecular Hbond substituents is 2. The van der Waals surface area contributed by atoms with Crippen LogP contribution in [0.3, 0.4) is 0 Å². The Morgan fingerprint density at radius 2 is 1.71 bits per heavy atom. The van der Waals surface area contributed by atoms with Crippen LogP contribution in [0.4, 0.5) is 0 Å². The molecule has 0 aromatic heterocycles. The molecule has 1 atom stereocenters. The zero-order chi connectivity index (χ0) is 15.5. The maximum Gasteiger partial charge on any atom is 0.252 e. The number of nitrogens with one attached hydrogen (secondary N) is 1. The summed E-state index contributed by atoms with van der Waals surface area (Å²) in [6.07, 6.45) is 0. The predicted molar refractivity (Wildman–Crippen MR) is 84.8 cm³/mol. The van der Waals surface area contributed by atoms with Crippen LogP contribution in [0.1, 0.15) is 22.8 Å². The van der Waals surface area contributed by atoms with Crippen molar-refractivity contribution >= 4 is 21.8 Å². The second-order valence-electron chi connectivity index (χ2n) is 5.02. The average Bonchev–Trinajstić information content (AvgIpc) is 2.47. The molecule has 5 heteroatoms. The molecule has 2 rings (SSSR count). The second-order valence-corrected chi connectivity index (χ2v) is 5.58. The molecule has 21 heavy (non-hydrogen) atoms. The van der Waals surface area contributed by atoms with Crippen LogP contribution in [0, 0.1) is 0 Å². The van der Waals surface area contributed by atoms with Gasteiger partial charge in [0.15, 0.2) is 0 Å². The van der Waals surface area contributed by atoms with Crippen LogP contribution in [0.2, 0.25) is 0 Å². The fourth-order valence-corrected chi connectivity index (χ4v) is 2.50. The van der Waals surface area contributed by atoms with E-state index in [9.17, 15) is 15.0 Å². The van der Waals surface area contributed by atoms with Gasteiger partial charge in [-0.25, -0.2) is 0 Å². The van der Waals surface area contributed by atoms with Crippen molar-refractivity contribution in [2.45, 2.75) is 12.5 Å². The van der Waals surface area contributed by atoms with Crippen LogP contribution in [-0.2, 0) is 5.54 Å². The Morgan fingerprint density at radius 3 is 2.24 bits per heavy atom. The van der Waals surface area contributed by atoms with Gasteiger partial charge in [-0.3, -0.25) is 4.79 Å². The van der Waals surface area contributed by atoms with Gasteiger partial charge in [0, 0.05) is 17.0 Å². The van der Waals surface area contributed by atoms with E-state index in [1.54, 1.807) is 0 Å². The highest BCUT2D eigenvalue weighted by Gasteiger charge is 2.27. The molecule has 0 saturated carbocycles. The molecule has 110 valence electrons. The highest BCUT2D eigenvalue weighted by molar-refractivity contribution is 9.09. The summed E-state index contributed by atoms with van der Waals surface area (Å²) >= 11 is 3.43. The van der Waals surface area contributed by atoms with Gasteiger partial charge in [0.1, 0.15) is 11.5 Å². The molecule has 0 heterocycles. The Morgan fingerprint density at radius 1 is 1.14 bits per heavy atom. The minimum absolute atomic E-state index is 0.152. The lowest BCUT2D eigenvalue weighted by molar-refractivity contribution is 0.0913. The number of carbonyl (C=O) groups excluding carboxylic acids is 1. The topological polar surface area (TPSA) is 69.6 Å². The second kappa shape index (κ2) is 6.18. The van der Waals surface area contributed by atoms with E-state index in [0.29, 0.717) is 5.33 Å². The number of amides is 1. The number of hydrogen-bond acceptors (Lipinski definition) is 3. The molecule has 3 N–H and O–H groups in total. The number of alkyl halides is 1. The largest absolute Gasteiger partial charge is 0.508 e. The Balaban J connectivity index is 2.28. The van der Waals surface area contributed by atoms with Crippen molar-refractivity contribution in [3.05, 3.63) is 59.7 Å². The Hall–Kier alpha value is -2.01. The first-order valence-corrected chi connectivity index (χ1v) is 7.54. The number of halogens is 1. The Bertz CT molecular complexity index is 625. The number of carbonyl (C=O) groups is 1. The standard InChI is InChI=1S/C16H16BrNO3/c1-16(10-17,12-5-3-2-4-6-12)18-15(21)11-7-13(19)9-14(20)8-11/h2-9,19-20H,10H2,1H3,(H,18,21). The summed E-state index contributed by atoms with van der Waals surface area (Å²) in [6, 6.07) is 13.4. The molecule has 2 aromatic carbocycles. The minimum Gasteiger partial charge on any atom is -0.508 e.